The molecule has 1 aromatic carbocycles. The minimum Gasteiger partial charge on any atom is -0.481 e. The summed E-state index contributed by atoms with van der Waals surface area (Å²) in [6, 6.07) is 9.11. The van der Waals surface area contributed by atoms with Crippen LogP contribution in [0.5, 0.6) is 0 Å². The highest BCUT2D eigenvalue weighted by Gasteiger charge is 2.39. The van der Waals surface area contributed by atoms with E-state index < -0.39 is 40.4 Å². The third-order valence-corrected chi connectivity index (χ3v) is 9.77. The molecule has 3 N–H and O–H groups in total. The lowest BCUT2D eigenvalue weighted by Gasteiger charge is -2.41. The fourth-order valence-corrected chi connectivity index (χ4v) is 7.32. The van der Waals surface area contributed by atoms with Crippen LogP contribution in [-0.2, 0) is 4.79 Å². The number of rotatable bonds is 5. The minimum atomic E-state index is -2.49. The van der Waals surface area contributed by atoms with Gasteiger partial charge in [0.05, 0.1) is 34.2 Å². The lowest BCUT2D eigenvalue weighted by atomic mass is 9.76. The van der Waals surface area contributed by atoms with Gasteiger partial charge >= 0.3 is 5.97 Å². The molecule has 1 saturated heterocycles. The van der Waals surface area contributed by atoms with E-state index in [1.165, 1.54) is 23.6 Å². The topological polar surface area (TPSA) is 107 Å². The van der Waals surface area contributed by atoms with E-state index in [2.05, 4.69) is 9.88 Å². The van der Waals surface area contributed by atoms with Gasteiger partial charge in [-0.3, -0.25) is 18.9 Å². The van der Waals surface area contributed by atoms with Gasteiger partial charge in [-0.2, -0.15) is 10.6 Å². The highest BCUT2D eigenvalue weighted by atomic mass is 32.3. The number of halogens is 2. The number of alkyl halides is 1. The summed E-state index contributed by atoms with van der Waals surface area (Å²) in [4.78, 5) is 23.6. The number of hydrogen-bond donors (Lipinski definition) is 3. The van der Waals surface area contributed by atoms with Crippen molar-refractivity contribution in [2.45, 2.75) is 31.4 Å². The molecule has 192 valence electrons. The molecule has 2 aromatic heterocycles. The second kappa shape index (κ2) is 10.0. The summed E-state index contributed by atoms with van der Waals surface area (Å²) >= 11 is 1.34. The first-order valence-corrected chi connectivity index (χ1v) is 14.5. The summed E-state index contributed by atoms with van der Waals surface area (Å²) in [6.07, 6.45) is 2.07. The van der Waals surface area contributed by atoms with Gasteiger partial charge in [-0.1, -0.05) is 12.1 Å². The first-order chi connectivity index (χ1) is 17.2. The highest BCUT2D eigenvalue weighted by molar-refractivity contribution is 8.24. The molecule has 0 amide bonds. The standard InChI is InChI=1S/C25H27F2N3O4S2/c26-17-3-6-20(21(12-17)25(31)32)22-23(35-24(29-22)16-11-18(27)14-28-13-16)15-1-4-19(5-2-15)30-7-9-36(33,34)10-8-30/h1-2,4-5,11,13-14,17,20-21,33-34H,3,6-10,12H2,(H,31,32). The van der Waals surface area contributed by atoms with Gasteiger partial charge < -0.3 is 10.0 Å². The number of nitrogens with zero attached hydrogens (tertiary/aromatic N) is 3. The van der Waals surface area contributed by atoms with E-state index >= 15 is 0 Å². The van der Waals surface area contributed by atoms with Gasteiger partial charge in [-0.25, -0.2) is 13.8 Å². The number of anilines is 1. The molecule has 1 aliphatic carbocycles. The molecule has 2 aliphatic rings. The van der Waals surface area contributed by atoms with Crippen LogP contribution in [0.3, 0.4) is 0 Å². The van der Waals surface area contributed by atoms with Crippen LogP contribution in [0.1, 0.15) is 30.9 Å². The molecule has 5 rings (SSSR count). The summed E-state index contributed by atoms with van der Waals surface area (Å²) < 4.78 is 47.8. The zero-order chi connectivity index (χ0) is 25.4. The van der Waals surface area contributed by atoms with Crippen molar-refractivity contribution in [3.63, 3.8) is 0 Å². The Kier molecular flexibility index (Phi) is 6.99. The Bertz CT molecular complexity index is 1240. The second-order valence-corrected chi connectivity index (χ2v) is 12.8. The molecule has 7 nitrogen and oxygen atoms in total. The number of carboxylic acids is 1. The maximum absolute atomic E-state index is 14.1. The van der Waals surface area contributed by atoms with Crippen LogP contribution in [0.15, 0.2) is 42.7 Å². The number of aliphatic carboxylic acids is 1. The van der Waals surface area contributed by atoms with Gasteiger partial charge in [0.25, 0.3) is 0 Å². The first-order valence-electron chi connectivity index (χ1n) is 11.8. The molecular formula is C25H27F2N3O4S2. The fraction of sp³-hybridized carbons (Fsp3) is 0.400. The summed E-state index contributed by atoms with van der Waals surface area (Å²) in [5, 5.41) is 10.4. The van der Waals surface area contributed by atoms with E-state index in [4.69, 9.17) is 4.98 Å². The van der Waals surface area contributed by atoms with Crippen LogP contribution in [0.2, 0.25) is 0 Å². The Morgan fingerprint density at radius 2 is 1.81 bits per heavy atom. The molecule has 1 aliphatic heterocycles. The molecule has 3 aromatic rings. The molecule has 0 radical (unpaired) electrons. The number of benzene rings is 1. The highest BCUT2D eigenvalue weighted by Crippen LogP contribution is 2.47. The molecule has 0 spiro atoms. The van der Waals surface area contributed by atoms with Crippen LogP contribution >= 0.6 is 21.9 Å². The molecule has 3 unspecified atom stereocenters. The van der Waals surface area contributed by atoms with Crippen LogP contribution < -0.4 is 4.90 Å². The maximum Gasteiger partial charge on any atom is 0.307 e. The van der Waals surface area contributed by atoms with E-state index in [9.17, 15) is 27.8 Å². The molecule has 3 heterocycles. The molecule has 3 atom stereocenters. The van der Waals surface area contributed by atoms with E-state index in [0.29, 0.717) is 47.3 Å². The van der Waals surface area contributed by atoms with Gasteiger partial charge in [0.2, 0.25) is 0 Å². The van der Waals surface area contributed by atoms with E-state index in [1.54, 1.807) is 0 Å². The smallest absolute Gasteiger partial charge is 0.307 e. The summed E-state index contributed by atoms with van der Waals surface area (Å²) in [7, 11) is -2.49. The quantitative estimate of drug-likeness (QED) is 0.374. The average Bonchev–Trinajstić information content (AvgIpc) is 3.29. The minimum absolute atomic E-state index is 0.0547. The van der Waals surface area contributed by atoms with Crippen molar-refractivity contribution in [3.8, 4) is 21.0 Å². The van der Waals surface area contributed by atoms with Crippen molar-refractivity contribution in [1.82, 2.24) is 9.97 Å². The molecule has 1 saturated carbocycles. The van der Waals surface area contributed by atoms with Crippen molar-refractivity contribution < 1.29 is 27.8 Å². The average molecular weight is 536 g/mol. The second-order valence-electron chi connectivity index (χ2n) is 9.33. The summed E-state index contributed by atoms with van der Waals surface area (Å²) in [5.74, 6) is -2.20. The summed E-state index contributed by atoms with van der Waals surface area (Å²) in [5.41, 5.74) is 2.89. The molecule has 0 bridgehead atoms. The molecule has 2 fully saturated rings. The number of carboxylic acid groups (broad SMARTS) is 1. The fourth-order valence-electron chi connectivity index (χ4n) is 4.97. The normalized spacial score (nSPS) is 24.9. The van der Waals surface area contributed by atoms with Crippen molar-refractivity contribution in [1.29, 1.82) is 0 Å². The Hall–Kier alpha value is -2.60. The predicted octanol–water partition coefficient (Wildman–Crippen LogP) is 5.89. The van der Waals surface area contributed by atoms with Gasteiger partial charge in [0, 0.05) is 36.5 Å². The van der Waals surface area contributed by atoms with Gasteiger partial charge in [-0.05, 0) is 43.0 Å². The monoisotopic (exact) mass is 535 g/mol. The predicted molar refractivity (Wildman–Crippen MR) is 138 cm³/mol. The zero-order valence-electron chi connectivity index (χ0n) is 19.4. The third-order valence-electron chi connectivity index (χ3n) is 6.93. The zero-order valence-corrected chi connectivity index (χ0v) is 21.0. The van der Waals surface area contributed by atoms with Crippen LogP contribution in [0.4, 0.5) is 14.5 Å². The van der Waals surface area contributed by atoms with Gasteiger partial charge in [-0.15, -0.1) is 11.3 Å². The largest absolute Gasteiger partial charge is 0.481 e. The van der Waals surface area contributed by atoms with E-state index in [1.807, 2.05) is 24.3 Å². The number of hydrogen-bond acceptors (Lipinski definition) is 7. The SMILES string of the molecule is O=C(O)C1CC(F)CCC1c1nc(-c2cncc(F)c2)sc1-c1ccc(N2CCS(O)(O)CC2)cc1. The van der Waals surface area contributed by atoms with Crippen molar-refractivity contribution in [3.05, 3.63) is 54.2 Å². The Morgan fingerprint density at radius 3 is 2.47 bits per heavy atom. The lowest BCUT2D eigenvalue weighted by molar-refractivity contribution is -0.144. The molecular weight excluding hydrogens is 508 g/mol. The number of pyridine rings is 1. The molecule has 11 heteroatoms. The van der Waals surface area contributed by atoms with Gasteiger partial charge in [0.15, 0.2) is 0 Å². The number of carbonyl (C=O) groups is 1. The number of aromatic nitrogens is 2. The number of thiazole rings is 1. The third kappa shape index (κ3) is 5.24. The maximum atomic E-state index is 14.1. The van der Waals surface area contributed by atoms with E-state index in [0.717, 1.165) is 22.3 Å². The Morgan fingerprint density at radius 1 is 1.08 bits per heavy atom. The van der Waals surface area contributed by atoms with E-state index in [-0.39, 0.29) is 12.8 Å². The van der Waals surface area contributed by atoms with Crippen LogP contribution in [-0.4, -0.2) is 60.9 Å². The van der Waals surface area contributed by atoms with Crippen molar-refractivity contribution >= 4 is 33.6 Å². The van der Waals surface area contributed by atoms with Crippen molar-refractivity contribution in [2.24, 2.45) is 5.92 Å². The van der Waals surface area contributed by atoms with Crippen molar-refractivity contribution in [2.75, 3.05) is 29.5 Å². The van der Waals surface area contributed by atoms with Gasteiger partial charge in [0.1, 0.15) is 17.0 Å². The molecule has 36 heavy (non-hydrogen) atoms. The Balaban J connectivity index is 1.52. The lowest BCUT2D eigenvalue weighted by Crippen LogP contribution is -2.38. The first kappa shape index (κ1) is 25.1. The summed E-state index contributed by atoms with van der Waals surface area (Å²) in [6.45, 7) is 1.11. The Labute approximate surface area is 213 Å². The van der Waals surface area contributed by atoms with Crippen LogP contribution in [0, 0.1) is 11.7 Å². The van der Waals surface area contributed by atoms with Crippen LogP contribution in [0.25, 0.3) is 21.0 Å².